The Morgan fingerprint density at radius 1 is 1.13 bits per heavy atom. The molecule has 2 aromatic heterocycles. The van der Waals surface area contributed by atoms with Gasteiger partial charge < -0.3 is 10.2 Å². The molecule has 0 atom stereocenters. The molecule has 2 heterocycles. The number of carbonyl (C=O) groups is 2. The average Bonchev–Trinajstić information content (AvgIpc) is 3.15. The van der Waals surface area contributed by atoms with E-state index in [0.717, 1.165) is 5.56 Å². The van der Waals surface area contributed by atoms with Gasteiger partial charge in [-0.3, -0.25) is 9.59 Å². The van der Waals surface area contributed by atoms with E-state index in [1.165, 1.54) is 0 Å². The van der Waals surface area contributed by atoms with Gasteiger partial charge in [-0.25, -0.2) is 9.67 Å². The topological polar surface area (TPSA) is 80.1 Å². The molecular formula is C23H29N5O2. The minimum absolute atomic E-state index is 0.0102. The number of nitrogens with zero attached hydrogens (tertiary/aromatic N) is 4. The van der Waals surface area contributed by atoms with Crippen LogP contribution in [0.15, 0.2) is 42.6 Å². The Hall–Kier alpha value is -3.22. The molecule has 0 aliphatic rings. The van der Waals surface area contributed by atoms with Crippen molar-refractivity contribution in [2.75, 3.05) is 13.1 Å². The third-order valence-electron chi connectivity index (χ3n) is 4.81. The molecule has 2 amide bonds. The maximum absolute atomic E-state index is 13.5. The summed E-state index contributed by atoms with van der Waals surface area (Å²) in [5.74, 6) is -0.379. The van der Waals surface area contributed by atoms with E-state index >= 15 is 0 Å². The number of carbonyl (C=O) groups excluding carboxylic acids is 2. The molecule has 0 fully saturated rings. The lowest BCUT2D eigenvalue weighted by Crippen LogP contribution is -2.42. The Morgan fingerprint density at radius 3 is 2.43 bits per heavy atom. The molecule has 3 rings (SSSR count). The van der Waals surface area contributed by atoms with Gasteiger partial charge in [0, 0.05) is 24.2 Å². The molecule has 0 aliphatic heterocycles. The molecule has 7 nitrogen and oxygen atoms in total. The highest BCUT2D eigenvalue weighted by Crippen LogP contribution is 2.27. The number of amides is 2. The summed E-state index contributed by atoms with van der Waals surface area (Å²) in [6, 6.07) is 11.7. The van der Waals surface area contributed by atoms with Gasteiger partial charge in [0.15, 0.2) is 5.65 Å². The number of likely N-dealkylation sites (N-methyl/N-ethyl adjacent to an activating group) is 1. The molecule has 0 radical (unpaired) electrons. The van der Waals surface area contributed by atoms with E-state index in [2.05, 4.69) is 10.4 Å². The molecule has 3 aromatic rings. The number of hydrogen-bond donors (Lipinski definition) is 1. The maximum atomic E-state index is 13.5. The fourth-order valence-corrected chi connectivity index (χ4v) is 3.37. The number of hydrogen-bond acceptors (Lipinski definition) is 4. The molecule has 0 saturated carbocycles. The second-order valence-electron chi connectivity index (χ2n) is 7.88. The molecule has 1 aromatic carbocycles. The zero-order valence-corrected chi connectivity index (χ0v) is 18.2. The number of fused-ring (bicyclic) bond motifs is 1. The van der Waals surface area contributed by atoms with Gasteiger partial charge >= 0.3 is 0 Å². The van der Waals surface area contributed by atoms with E-state index in [4.69, 9.17) is 4.98 Å². The van der Waals surface area contributed by atoms with Crippen molar-refractivity contribution in [2.45, 2.75) is 46.7 Å². The number of pyridine rings is 1. The van der Waals surface area contributed by atoms with Crippen molar-refractivity contribution >= 4 is 22.8 Å². The predicted molar refractivity (Wildman–Crippen MR) is 118 cm³/mol. The van der Waals surface area contributed by atoms with Gasteiger partial charge in [0.1, 0.15) is 0 Å². The number of benzene rings is 1. The van der Waals surface area contributed by atoms with Gasteiger partial charge in [-0.1, -0.05) is 30.3 Å². The summed E-state index contributed by atoms with van der Waals surface area (Å²) in [5, 5.41) is 8.00. The molecule has 30 heavy (non-hydrogen) atoms. The first-order valence-corrected chi connectivity index (χ1v) is 10.3. The van der Waals surface area contributed by atoms with E-state index in [-0.39, 0.29) is 30.4 Å². The summed E-state index contributed by atoms with van der Waals surface area (Å²) in [7, 11) is 0. The van der Waals surface area contributed by atoms with Crippen LogP contribution in [0, 0.1) is 0 Å². The SMILES string of the molecule is CCN(CC(=O)NC(C)C)C(=O)c1cc(-c2ccccc2)nc2c1cnn2C(C)C. The average molecular weight is 408 g/mol. The van der Waals surface area contributed by atoms with Crippen LogP contribution in [0.1, 0.15) is 51.0 Å². The van der Waals surface area contributed by atoms with Crippen LogP contribution in [-0.4, -0.2) is 50.6 Å². The Kier molecular flexibility index (Phi) is 6.50. The van der Waals surface area contributed by atoms with Crippen LogP contribution < -0.4 is 5.32 Å². The number of rotatable bonds is 7. The lowest BCUT2D eigenvalue weighted by atomic mass is 10.1. The Labute approximate surface area is 177 Å². The normalized spacial score (nSPS) is 11.3. The molecule has 0 bridgehead atoms. The fraction of sp³-hybridized carbons (Fsp3) is 0.391. The molecule has 0 aliphatic carbocycles. The summed E-state index contributed by atoms with van der Waals surface area (Å²) in [5.41, 5.74) is 2.80. The van der Waals surface area contributed by atoms with Gasteiger partial charge in [-0.15, -0.1) is 0 Å². The third-order valence-corrected chi connectivity index (χ3v) is 4.81. The smallest absolute Gasteiger partial charge is 0.255 e. The van der Waals surface area contributed by atoms with E-state index in [9.17, 15) is 9.59 Å². The molecule has 0 unspecified atom stereocenters. The summed E-state index contributed by atoms with van der Waals surface area (Å²) >= 11 is 0. The van der Waals surface area contributed by atoms with Crippen molar-refractivity contribution in [1.82, 2.24) is 25.0 Å². The van der Waals surface area contributed by atoms with E-state index in [1.54, 1.807) is 17.2 Å². The quantitative estimate of drug-likeness (QED) is 0.648. The molecule has 0 saturated heterocycles. The maximum Gasteiger partial charge on any atom is 0.255 e. The van der Waals surface area contributed by atoms with Crippen molar-refractivity contribution in [3.63, 3.8) is 0 Å². The third kappa shape index (κ3) is 4.50. The lowest BCUT2D eigenvalue weighted by Gasteiger charge is -2.22. The molecule has 1 N–H and O–H groups in total. The van der Waals surface area contributed by atoms with Crippen LogP contribution in [0.3, 0.4) is 0 Å². The summed E-state index contributed by atoms with van der Waals surface area (Å²) in [4.78, 5) is 32.1. The monoisotopic (exact) mass is 407 g/mol. The first-order chi connectivity index (χ1) is 14.3. The van der Waals surface area contributed by atoms with Gasteiger partial charge in [0.05, 0.1) is 29.4 Å². The summed E-state index contributed by atoms with van der Waals surface area (Å²) in [6.45, 7) is 10.2. The zero-order chi connectivity index (χ0) is 21.8. The highest BCUT2D eigenvalue weighted by molar-refractivity contribution is 6.07. The van der Waals surface area contributed by atoms with E-state index < -0.39 is 0 Å². The van der Waals surface area contributed by atoms with Gasteiger partial charge in [0.25, 0.3) is 5.91 Å². The van der Waals surface area contributed by atoms with Crippen molar-refractivity contribution < 1.29 is 9.59 Å². The highest BCUT2D eigenvalue weighted by Gasteiger charge is 2.23. The van der Waals surface area contributed by atoms with Crippen LogP contribution >= 0.6 is 0 Å². The second-order valence-corrected chi connectivity index (χ2v) is 7.88. The van der Waals surface area contributed by atoms with Crippen molar-refractivity contribution in [2.24, 2.45) is 0 Å². The molecule has 0 spiro atoms. The fourth-order valence-electron chi connectivity index (χ4n) is 3.37. The first kappa shape index (κ1) is 21.5. The minimum atomic E-state index is -0.204. The lowest BCUT2D eigenvalue weighted by molar-refractivity contribution is -0.122. The van der Waals surface area contributed by atoms with E-state index in [0.29, 0.717) is 28.8 Å². The molecular weight excluding hydrogens is 378 g/mol. The number of nitrogens with one attached hydrogen (secondary N) is 1. The van der Waals surface area contributed by atoms with Gasteiger partial charge in [-0.2, -0.15) is 5.10 Å². The van der Waals surface area contributed by atoms with Gasteiger partial charge in [-0.05, 0) is 40.7 Å². The highest BCUT2D eigenvalue weighted by atomic mass is 16.2. The first-order valence-electron chi connectivity index (χ1n) is 10.3. The largest absolute Gasteiger partial charge is 0.352 e. The van der Waals surface area contributed by atoms with Crippen molar-refractivity contribution in [3.05, 3.63) is 48.2 Å². The number of aromatic nitrogens is 3. The Balaban J connectivity index is 2.09. The van der Waals surface area contributed by atoms with Crippen LogP contribution in [0.25, 0.3) is 22.3 Å². The second kappa shape index (κ2) is 9.07. The Bertz CT molecular complexity index is 1040. The van der Waals surface area contributed by atoms with Crippen molar-refractivity contribution in [1.29, 1.82) is 0 Å². The van der Waals surface area contributed by atoms with Crippen LogP contribution in [0.2, 0.25) is 0 Å². The van der Waals surface area contributed by atoms with Gasteiger partial charge in [0.2, 0.25) is 5.91 Å². The summed E-state index contributed by atoms with van der Waals surface area (Å²) in [6.07, 6.45) is 1.69. The minimum Gasteiger partial charge on any atom is -0.352 e. The van der Waals surface area contributed by atoms with E-state index in [1.807, 2.05) is 69.6 Å². The molecule has 7 heteroatoms. The predicted octanol–water partition coefficient (Wildman–Crippen LogP) is 3.67. The summed E-state index contributed by atoms with van der Waals surface area (Å²) < 4.78 is 1.82. The van der Waals surface area contributed by atoms with Crippen LogP contribution in [-0.2, 0) is 4.79 Å². The van der Waals surface area contributed by atoms with Crippen molar-refractivity contribution in [3.8, 4) is 11.3 Å². The standard InChI is InChI=1S/C23H29N5O2/c1-6-27(14-21(29)25-15(2)3)23(30)18-12-20(17-10-8-7-9-11-17)26-22-19(18)13-24-28(22)16(4)5/h7-13,15-16H,6,14H2,1-5H3,(H,25,29). The zero-order valence-electron chi connectivity index (χ0n) is 18.2. The van der Waals surface area contributed by atoms with Crippen LogP contribution in [0.4, 0.5) is 0 Å². The Morgan fingerprint density at radius 2 is 1.83 bits per heavy atom. The van der Waals surface area contributed by atoms with Crippen LogP contribution in [0.5, 0.6) is 0 Å². The molecule has 158 valence electrons.